The smallest absolute Gasteiger partial charge is 0.292 e. The van der Waals surface area contributed by atoms with Crippen molar-refractivity contribution >= 4 is 11.4 Å². The van der Waals surface area contributed by atoms with Crippen LogP contribution in [0, 0.1) is 10.1 Å². The molecule has 3 N–H and O–H groups in total. The Morgan fingerprint density at radius 3 is 2.62 bits per heavy atom. The lowest BCUT2D eigenvalue weighted by atomic mass is 10.2. The van der Waals surface area contributed by atoms with Crippen LogP contribution < -0.4 is 11.1 Å². The predicted molar refractivity (Wildman–Crippen MR) is 55.6 cm³/mol. The quantitative estimate of drug-likeness (QED) is 0.595. The molecule has 0 bridgehead atoms. The fourth-order valence-corrected chi connectivity index (χ4v) is 1.08. The standard InChI is InChI=1S/C9H11F2N3O2/c10-9(11,5-12)6-13-7-3-1-2-4-8(7)14(15)16/h1-4,13H,5-6,12H2. The molecule has 0 amide bonds. The molecule has 1 aromatic carbocycles. The number of para-hydroxylation sites is 2. The van der Waals surface area contributed by atoms with Gasteiger partial charge in [-0.2, -0.15) is 0 Å². The first kappa shape index (κ1) is 12.3. The van der Waals surface area contributed by atoms with E-state index in [1.54, 1.807) is 0 Å². The van der Waals surface area contributed by atoms with Crippen LogP contribution in [-0.2, 0) is 0 Å². The van der Waals surface area contributed by atoms with Gasteiger partial charge in [0.15, 0.2) is 0 Å². The van der Waals surface area contributed by atoms with Gasteiger partial charge in [-0.1, -0.05) is 12.1 Å². The molecule has 0 unspecified atom stereocenters. The summed E-state index contributed by atoms with van der Waals surface area (Å²) in [7, 11) is 0. The van der Waals surface area contributed by atoms with E-state index in [9.17, 15) is 18.9 Å². The minimum Gasteiger partial charge on any atom is -0.373 e. The van der Waals surface area contributed by atoms with Crippen molar-refractivity contribution < 1.29 is 13.7 Å². The summed E-state index contributed by atoms with van der Waals surface area (Å²) in [6.45, 7) is -1.53. The molecule has 0 aliphatic heterocycles. The lowest BCUT2D eigenvalue weighted by Crippen LogP contribution is -2.35. The minimum absolute atomic E-state index is 0.0561. The van der Waals surface area contributed by atoms with E-state index in [4.69, 9.17) is 5.73 Å². The number of nitro benzene ring substituents is 1. The van der Waals surface area contributed by atoms with Crippen LogP contribution in [-0.4, -0.2) is 23.9 Å². The van der Waals surface area contributed by atoms with Gasteiger partial charge in [0, 0.05) is 6.07 Å². The van der Waals surface area contributed by atoms with Crippen LogP contribution in [0.3, 0.4) is 0 Å². The number of anilines is 1. The van der Waals surface area contributed by atoms with Gasteiger partial charge in [-0.15, -0.1) is 0 Å². The second-order valence-corrected chi connectivity index (χ2v) is 3.19. The number of halogens is 2. The zero-order valence-electron chi connectivity index (χ0n) is 8.32. The predicted octanol–water partition coefficient (Wildman–Crippen LogP) is 1.60. The molecule has 0 saturated heterocycles. The summed E-state index contributed by atoms with van der Waals surface area (Å²) < 4.78 is 25.6. The highest BCUT2D eigenvalue weighted by atomic mass is 19.3. The molecule has 0 saturated carbocycles. The Morgan fingerprint density at radius 2 is 2.06 bits per heavy atom. The molecule has 88 valence electrons. The van der Waals surface area contributed by atoms with E-state index < -0.39 is 23.9 Å². The third-order valence-corrected chi connectivity index (χ3v) is 1.94. The average Bonchev–Trinajstić information content (AvgIpc) is 2.27. The highest BCUT2D eigenvalue weighted by Gasteiger charge is 2.27. The van der Waals surface area contributed by atoms with Gasteiger partial charge in [0.1, 0.15) is 5.69 Å². The Hall–Kier alpha value is -1.76. The molecule has 0 aliphatic rings. The van der Waals surface area contributed by atoms with Crippen LogP contribution >= 0.6 is 0 Å². The van der Waals surface area contributed by atoms with Crippen molar-refractivity contribution in [2.75, 3.05) is 18.4 Å². The molecule has 0 aromatic heterocycles. The number of rotatable bonds is 5. The normalized spacial score (nSPS) is 11.2. The van der Waals surface area contributed by atoms with Crippen LogP contribution in [0.15, 0.2) is 24.3 Å². The molecule has 16 heavy (non-hydrogen) atoms. The summed E-state index contributed by atoms with van der Waals surface area (Å²) in [6, 6.07) is 5.59. The number of hydrogen-bond donors (Lipinski definition) is 2. The Bertz CT molecular complexity index is 385. The number of alkyl halides is 2. The molecule has 0 aliphatic carbocycles. The van der Waals surface area contributed by atoms with Crippen molar-refractivity contribution in [1.29, 1.82) is 0 Å². The molecule has 1 aromatic rings. The molecule has 7 heteroatoms. The van der Waals surface area contributed by atoms with Gasteiger partial charge in [0.25, 0.3) is 11.6 Å². The molecule has 0 fully saturated rings. The number of nitrogens with one attached hydrogen (secondary N) is 1. The molecule has 1 rings (SSSR count). The van der Waals surface area contributed by atoms with Crippen molar-refractivity contribution in [3.8, 4) is 0 Å². The van der Waals surface area contributed by atoms with E-state index in [1.165, 1.54) is 24.3 Å². The van der Waals surface area contributed by atoms with Gasteiger partial charge in [0.05, 0.1) is 18.0 Å². The van der Waals surface area contributed by atoms with E-state index >= 15 is 0 Å². The van der Waals surface area contributed by atoms with Gasteiger partial charge in [-0.3, -0.25) is 10.1 Å². The second kappa shape index (κ2) is 4.84. The highest BCUT2D eigenvalue weighted by molar-refractivity contribution is 5.61. The fraction of sp³-hybridized carbons (Fsp3) is 0.333. The zero-order chi connectivity index (χ0) is 12.2. The third-order valence-electron chi connectivity index (χ3n) is 1.94. The Balaban J connectivity index is 2.78. The number of nitrogens with two attached hydrogens (primary N) is 1. The van der Waals surface area contributed by atoms with Gasteiger partial charge >= 0.3 is 0 Å². The van der Waals surface area contributed by atoms with E-state index in [-0.39, 0.29) is 11.4 Å². The highest BCUT2D eigenvalue weighted by Crippen LogP contribution is 2.24. The molecule has 5 nitrogen and oxygen atoms in total. The van der Waals surface area contributed by atoms with Gasteiger partial charge < -0.3 is 11.1 Å². The topological polar surface area (TPSA) is 81.2 Å². The SMILES string of the molecule is NCC(F)(F)CNc1ccccc1[N+](=O)[O-]. The van der Waals surface area contributed by atoms with E-state index in [0.29, 0.717) is 0 Å². The van der Waals surface area contributed by atoms with Crippen molar-refractivity contribution in [1.82, 2.24) is 0 Å². The Labute approximate surface area is 90.4 Å². The van der Waals surface area contributed by atoms with Crippen LogP contribution in [0.25, 0.3) is 0 Å². The Morgan fingerprint density at radius 1 is 1.44 bits per heavy atom. The Kier molecular flexibility index (Phi) is 3.73. The number of nitrogens with zero attached hydrogens (tertiary/aromatic N) is 1. The molecular weight excluding hydrogens is 220 g/mol. The fourth-order valence-electron chi connectivity index (χ4n) is 1.08. The molecular formula is C9H11F2N3O2. The summed E-state index contributed by atoms with van der Waals surface area (Å²) >= 11 is 0. The van der Waals surface area contributed by atoms with E-state index in [2.05, 4.69) is 5.32 Å². The van der Waals surface area contributed by atoms with Gasteiger partial charge in [0.2, 0.25) is 0 Å². The molecule has 0 heterocycles. The van der Waals surface area contributed by atoms with E-state index in [1.807, 2.05) is 0 Å². The van der Waals surface area contributed by atoms with Crippen molar-refractivity contribution in [3.63, 3.8) is 0 Å². The van der Waals surface area contributed by atoms with Crippen LogP contribution in [0.1, 0.15) is 0 Å². The number of nitro groups is 1. The molecule has 0 spiro atoms. The molecule has 0 atom stereocenters. The van der Waals surface area contributed by atoms with E-state index in [0.717, 1.165) is 0 Å². The summed E-state index contributed by atoms with van der Waals surface area (Å²) in [4.78, 5) is 9.93. The summed E-state index contributed by atoms with van der Waals surface area (Å²) in [6.07, 6.45) is 0. The average molecular weight is 231 g/mol. The third kappa shape index (κ3) is 3.13. The number of hydrogen-bond acceptors (Lipinski definition) is 4. The first-order valence-corrected chi connectivity index (χ1v) is 4.51. The largest absolute Gasteiger partial charge is 0.373 e. The summed E-state index contributed by atoms with van der Waals surface area (Å²) in [5.74, 6) is -3.08. The van der Waals surface area contributed by atoms with Gasteiger partial charge in [-0.05, 0) is 6.07 Å². The van der Waals surface area contributed by atoms with Crippen molar-refractivity contribution in [2.24, 2.45) is 5.73 Å². The van der Waals surface area contributed by atoms with Crippen LogP contribution in [0.4, 0.5) is 20.2 Å². The van der Waals surface area contributed by atoms with Crippen molar-refractivity contribution in [3.05, 3.63) is 34.4 Å². The van der Waals surface area contributed by atoms with Crippen LogP contribution in [0.2, 0.25) is 0 Å². The maximum Gasteiger partial charge on any atom is 0.292 e. The first-order chi connectivity index (χ1) is 7.46. The number of benzene rings is 1. The van der Waals surface area contributed by atoms with Crippen molar-refractivity contribution in [2.45, 2.75) is 5.92 Å². The second-order valence-electron chi connectivity index (χ2n) is 3.19. The lowest BCUT2D eigenvalue weighted by Gasteiger charge is -2.15. The maximum atomic E-state index is 12.8. The summed E-state index contributed by atoms with van der Waals surface area (Å²) in [5, 5.41) is 12.9. The maximum absolute atomic E-state index is 12.8. The lowest BCUT2D eigenvalue weighted by molar-refractivity contribution is -0.384. The first-order valence-electron chi connectivity index (χ1n) is 4.51. The molecule has 0 radical (unpaired) electrons. The summed E-state index contributed by atoms with van der Waals surface area (Å²) in [5.41, 5.74) is 4.66. The monoisotopic (exact) mass is 231 g/mol. The minimum atomic E-state index is -3.08. The van der Waals surface area contributed by atoms with Crippen LogP contribution in [0.5, 0.6) is 0 Å². The zero-order valence-corrected chi connectivity index (χ0v) is 8.32. The van der Waals surface area contributed by atoms with Gasteiger partial charge in [-0.25, -0.2) is 8.78 Å².